The molecule has 1 rings (SSSR count). The fourth-order valence-electron chi connectivity index (χ4n) is 1.76. The minimum absolute atomic E-state index is 0.162. The highest BCUT2D eigenvalue weighted by molar-refractivity contribution is 5.93. The van der Waals surface area contributed by atoms with Gasteiger partial charge < -0.3 is 21.1 Å². The number of amides is 2. The van der Waals surface area contributed by atoms with Crippen molar-refractivity contribution < 1.29 is 49.5 Å². The highest BCUT2D eigenvalue weighted by Gasteiger charge is 2.84. The van der Waals surface area contributed by atoms with Crippen LogP contribution in [0.5, 0.6) is 0 Å². The van der Waals surface area contributed by atoms with Gasteiger partial charge in [-0.3, -0.25) is 5.21 Å². The van der Waals surface area contributed by atoms with Crippen molar-refractivity contribution >= 4 is 17.4 Å². The van der Waals surface area contributed by atoms with Gasteiger partial charge in [-0.2, -0.15) is 39.5 Å². The number of hydrogen-bond donors (Lipinski definition) is 3. The molecule has 0 aliphatic heterocycles. The lowest BCUT2D eigenvalue weighted by molar-refractivity contribution is -0.386. The maximum atomic E-state index is 12.7. The molecule has 15 heteroatoms. The average molecular weight is 400 g/mol. The lowest BCUT2D eigenvalue weighted by atomic mass is 9.97. The standard InChI is InChI=1S/C11H7F9N3O3/c12-9(13,14)8(10(15,16)17,11(18,19)20)22-7(24)21-5-3-1-2-4-6(5)23(25)26/h1-4,25H,(H2,21,22,24)/q-1. The highest BCUT2D eigenvalue weighted by Crippen LogP contribution is 2.52. The summed E-state index contributed by atoms with van der Waals surface area (Å²) in [6.45, 7) is 0. The molecule has 0 heterocycles. The van der Waals surface area contributed by atoms with Gasteiger partial charge in [-0.1, -0.05) is 12.1 Å². The summed E-state index contributed by atoms with van der Waals surface area (Å²) in [7, 11) is 0. The molecular formula is C11H7F9N3O3-. The lowest BCUT2D eigenvalue weighted by Gasteiger charge is -2.38. The maximum Gasteiger partial charge on any atom is 0.429 e. The van der Waals surface area contributed by atoms with Crippen LogP contribution in [0.3, 0.4) is 0 Å². The zero-order valence-corrected chi connectivity index (χ0v) is 11.9. The van der Waals surface area contributed by atoms with Crippen LogP contribution < -0.4 is 15.9 Å². The van der Waals surface area contributed by atoms with E-state index in [1.165, 1.54) is 5.32 Å². The van der Waals surface area contributed by atoms with E-state index in [0.717, 1.165) is 24.3 Å². The number of nitrogens with one attached hydrogen (secondary N) is 2. The van der Waals surface area contributed by atoms with E-state index in [1.54, 1.807) is 0 Å². The molecule has 1 aromatic carbocycles. The second kappa shape index (κ2) is 6.71. The molecule has 0 atom stereocenters. The molecule has 148 valence electrons. The van der Waals surface area contributed by atoms with Crippen molar-refractivity contribution in [2.45, 2.75) is 24.1 Å². The molecule has 0 saturated carbocycles. The van der Waals surface area contributed by atoms with Crippen molar-refractivity contribution in [3.63, 3.8) is 0 Å². The first-order valence-electron chi connectivity index (χ1n) is 6.09. The molecule has 0 saturated heterocycles. The molecule has 1 aromatic rings. The van der Waals surface area contributed by atoms with Gasteiger partial charge in [-0.05, 0) is 12.1 Å². The number of halogens is 9. The van der Waals surface area contributed by atoms with E-state index in [-0.39, 0.29) is 5.32 Å². The average Bonchev–Trinajstić information content (AvgIpc) is 2.41. The van der Waals surface area contributed by atoms with Crippen LogP contribution in [0, 0.1) is 5.21 Å². The zero-order valence-electron chi connectivity index (χ0n) is 11.9. The van der Waals surface area contributed by atoms with E-state index in [2.05, 4.69) is 0 Å². The first-order valence-corrected chi connectivity index (χ1v) is 6.09. The normalized spacial score (nSPS) is 13.3. The first kappa shape index (κ1) is 21.6. The molecule has 0 aliphatic carbocycles. The summed E-state index contributed by atoms with van der Waals surface area (Å²) >= 11 is 0. The molecule has 0 radical (unpaired) electrons. The highest BCUT2D eigenvalue weighted by atomic mass is 19.4. The Morgan fingerprint density at radius 3 is 1.73 bits per heavy atom. The number of para-hydroxylation sites is 2. The summed E-state index contributed by atoms with van der Waals surface area (Å²) in [5, 5.41) is 19.6. The second-order valence-corrected chi connectivity index (χ2v) is 4.61. The van der Waals surface area contributed by atoms with Crippen molar-refractivity contribution in [3.05, 3.63) is 29.5 Å². The first-order chi connectivity index (χ1) is 11.5. The van der Waals surface area contributed by atoms with Crippen molar-refractivity contribution in [3.8, 4) is 0 Å². The third-order valence-corrected chi connectivity index (χ3v) is 2.93. The minimum Gasteiger partial charge on any atom is -0.733 e. The van der Waals surface area contributed by atoms with Crippen LogP contribution in [-0.2, 0) is 0 Å². The van der Waals surface area contributed by atoms with Gasteiger partial charge in [0.05, 0.1) is 11.4 Å². The summed E-state index contributed by atoms with van der Waals surface area (Å²) in [6.07, 6.45) is -21.0. The monoisotopic (exact) mass is 400 g/mol. The molecule has 0 spiro atoms. The van der Waals surface area contributed by atoms with Crippen molar-refractivity contribution in [1.29, 1.82) is 0 Å². The Hall–Kier alpha value is -2.42. The Morgan fingerprint density at radius 2 is 1.35 bits per heavy atom. The van der Waals surface area contributed by atoms with Crippen molar-refractivity contribution in [2.75, 3.05) is 10.5 Å². The van der Waals surface area contributed by atoms with E-state index in [4.69, 9.17) is 5.21 Å². The predicted molar refractivity (Wildman–Crippen MR) is 67.1 cm³/mol. The summed E-state index contributed by atoms with van der Waals surface area (Å²) in [4.78, 5) is 11.4. The fourth-order valence-corrected chi connectivity index (χ4v) is 1.76. The van der Waals surface area contributed by atoms with Gasteiger partial charge in [0.15, 0.2) is 0 Å². The third kappa shape index (κ3) is 3.87. The molecule has 0 unspecified atom stereocenters. The van der Waals surface area contributed by atoms with E-state index < -0.39 is 46.7 Å². The zero-order chi connectivity index (χ0) is 20.6. The quantitative estimate of drug-likeness (QED) is 0.530. The number of urea groups is 1. The maximum absolute atomic E-state index is 12.7. The topological polar surface area (TPSA) is 87.7 Å². The predicted octanol–water partition coefficient (Wildman–Crippen LogP) is 3.93. The Balaban J connectivity index is 3.32. The summed E-state index contributed by atoms with van der Waals surface area (Å²) < 4.78 is 114. The van der Waals surface area contributed by atoms with Crippen LogP contribution in [0.1, 0.15) is 0 Å². The second-order valence-electron chi connectivity index (χ2n) is 4.61. The molecule has 26 heavy (non-hydrogen) atoms. The fraction of sp³-hybridized carbons (Fsp3) is 0.364. The van der Waals surface area contributed by atoms with Gasteiger partial charge in [0, 0.05) is 0 Å². The molecule has 3 N–H and O–H groups in total. The molecule has 0 aliphatic rings. The number of carbonyl (C=O) groups excluding carboxylic acids is 1. The molecule has 2 amide bonds. The van der Waals surface area contributed by atoms with Crippen LogP contribution in [0.4, 0.5) is 55.7 Å². The van der Waals surface area contributed by atoms with Crippen LogP contribution in [0.25, 0.3) is 0 Å². The van der Waals surface area contributed by atoms with Gasteiger partial charge in [-0.15, -0.1) is 0 Å². The summed E-state index contributed by atoms with van der Waals surface area (Å²) in [5.74, 6) is 0. The van der Waals surface area contributed by atoms with Gasteiger partial charge >= 0.3 is 30.1 Å². The Kier molecular flexibility index (Phi) is 5.58. The largest absolute Gasteiger partial charge is 0.733 e. The van der Waals surface area contributed by atoms with Gasteiger partial charge in [0.25, 0.3) is 0 Å². The molecular weight excluding hydrogens is 393 g/mol. The van der Waals surface area contributed by atoms with Crippen molar-refractivity contribution in [2.24, 2.45) is 0 Å². The Morgan fingerprint density at radius 1 is 0.923 bits per heavy atom. The molecule has 0 aromatic heterocycles. The van der Waals surface area contributed by atoms with Crippen LogP contribution in [0.2, 0.25) is 0 Å². The lowest BCUT2D eigenvalue weighted by Crippen LogP contribution is -2.75. The molecule has 0 bridgehead atoms. The van der Waals surface area contributed by atoms with Crippen LogP contribution >= 0.6 is 0 Å². The van der Waals surface area contributed by atoms with E-state index in [1.807, 2.05) is 0 Å². The number of carbonyl (C=O) groups is 1. The SMILES string of the molecule is O=C(Nc1ccccc1N([O-])O)NC(C(F)(F)F)(C(F)(F)F)C(F)(F)F. The van der Waals surface area contributed by atoms with Crippen molar-refractivity contribution in [1.82, 2.24) is 5.32 Å². The minimum atomic E-state index is -7.00. The smallest absolute Gasteiger partial charge is 0.429 e. The van der Waals surface area contributed by atoms with Crippen LogP contribution in [-0.4, -0.2) is 35.3 Å². The molecule has 0 fully saturated rings. The number of rotatable bonds is 3. The van der Waals surface area contributed by atoms with E-state index in [0.29, 0.717) is 0 Å². The number of alkyl halides is 9. The number of benzene rings is 1. The van der Waals surface area contributed by atoms with Gasteiger partial charge in [0.2, 0.25) is 0 Å². The van der Waals surface area contributed by atoms with Gasteiger partial charge in [0.1, 0.15) is 0 Å². The summed E-state index contributed by atoms with van der Waals surface area (Å²) in [5.41, 5.74) is -8.29. The number of nitrogens with zero attached hydrogens (tertiary/aromatic N) is 1. The van der Waals surface area contributed by atoms with Crippen LogP contribution in [0.15, 0.2) is 24.3 Å². The summed E-state index contributed by atoms with van der Waals surface area (Å²) in [6, 6.07) is 1.02. The van der Waals surface area contributed by atoms with E-state index >= 15 is 0 Å². The Labute approximate surface area is 137 Å². The number of hydrogen-bond acceptors (Lipinski definition) is 4. The Bertz CT molecular complexity index is 619. The number of anilines is 2. The van der Waals surface area contributed by atoms with Gasteiger partial charge in [-0.25, -0.2) is 4.79 Å². The third-order valence-electron chi connectivity index (χ3n) is 2.93. The molecule has 6 nitrogen and oxygen atoms in total. The van der Waals surface area contributed by atoms with E-state index in [9.17, 15) is 49.5 Å².